The lowest BCUT2D eigenvalue weighted by Gasteiger charge is -2.11. The first kappa shape index (κ1) is 23.8. The molecule has 4 aromatic carbocycles. The van der Waals surface area contributed by atoms with Crippen molar-refractivity contribution in [3.63, 3.8) is 0 Å². The topological polar surface area (TPSA) is 86.2 Å². The van der Waals surface area contributed by atoms with Gasteiger partial charge in [0, 0.05) is 10.6 Å². The quantitative estimate of drug-likeness (QED) is 0.158. The highest BCUT2D eigenvalue weighted by molar-refractivity contribution is 6.30. The highest BCUT2D eigenvalue weighted by Crippen LogP contribution is 2.27. The summed E-state index contributed by atoms with van der Waals surface area (Å²) in [6.45, 7) is -0.244. The molecule has 0 aromatic heterocycles. The highest BCUT2D eigenvalue weighted by Gasteiger charge is 2.14. The van der Waals surface area contributed by atoms with Crippen molar-refractivity contribution in [2.75, 3.05) is 13.7 Å². The van der Waals surface area contributed by atoms with Crippen LogP contribution in [0.2, 0.25) is 5.02 Å². The number of ether oxygens (including phenoxy) is 3. The van der Waals surface area contributed by atoms with E-state index in [0.29, 0.717) is 33.4 Å². The van der Waals surface area contributed by atoms with E-state index in [4.69, 9.17) is 25.8 Å². The first-order chi connectivity index (χ1) is 17.0. The van der Waals surface area contributed by atoms with Gasteiger partial charge in [0.2, 0.25) is 0 Å². The number of methoxy groups -OCH3 is 1. The van der Waals surface area contributed by atoms with Crippen LogP contribution in [0, 0.1) is 0 Å². The van der Waals surface area contributed by atoms with E-state index in [1.54, 1.807) is 61.7 Å². The van der Waals surface area contributed by atoms with E-state index in [1.165, 1.54) is 6.21 Å². The zero-order chi connectivity index (χ0) is 24.6. The van der Waals surface area contributed by atoms with Gasteiger partial charge < -0.3 is 14.2 Å². The van der Waals surface area contributed by atoms with Crippen molar-refractivity contribution in [3.05, 3.63) is 101 Å². The van der Waals surface area contributed by atoms with Crippen LogP contribution in [0.5, 0.6) is 17.2 Å². The maximum atomic E-state index is 12.7. The number of hydrazone groups is 1. The van der Waals surface area contributed by atoms with Gasteiger partial charge >= 0.3 is 5.97 Å². The summed E-state index contributed by atoms with van der Waals surface area (Å²) in [5.41, 5.74) is 3.34. The summed E-state index contributed by atoms with van der Waals surface area (Å²) in [4.78, 5) is 24.9. The van der Waals surface area contributed by atoms with E-state index in [-0.39, 0.29) is 6.61 Å². The predicted octanol–water partition coefficient (Wildman–Crippen LogP) is 5.25. The summed E-state index contributed by atoms with van der Waals surface area (Å²) in [7, 11) is 1.55. The van der Waals surface area contributed by atoms with E-state index in [0.717, 1.165) is 10.8 Å². The molecule has 0 unspecified atom stereocenters. The Labute approximate surface area is 206 Å². The van der Waals surface area contributed by atoms with Crippen molar-refractivity contribution < 1.29 is 23.8 Å². The number of carbonyl (C=O) groups excluding carboxylic acids is 2. The molecule has 176 valence electrons. The molecule has 4 rings (SSSR count). The number of amides is 1. The summed E-state index contributed by atoms with van der Waals surface area (Å²) in [5, 5.41) is 6.29. The van der Waals surface area contributed by atoms with Crippen LogP contribution in [0.25, 0.3) is 10.8 Å². The molecule has 0 aliphatic carbocycles. The molecule has 0 saturated carbocycles. The third-order valence-corrected chi connectivity index (χ3v) is 5.24. The molecule has 0 radical (unpaired) electrons. The van der Waals surface area contributed by atoms with Crippen LogP contribution in [0.15, 0.2) is 90.0 Å². The Morgan fingerprint density at radius 1 is 0.943 bits per heavy atom. The fourth-order valence-electron chi connectivity index (χ4n) is 3.29. The minimum atomic E-state index is -0.531. The van der Waals surface area contributed by atoms with Gasteiger partial charge in [0.25, 0.3) is 5.91 Å². The fourth-order valence-corrected chi connectivity index (χ4v) is 3.47. The number of carbonyl (C=O) groups is 2. The number of benzene rings is 4. The van der Waals surface area contributed by atoms with E-state index >= 15 is 0 Å². The van der Waals surface area contributed by atoms with Crippen molar-refractivity contribution in [1.29, 1.82) is 0 Å². The molecule has 1 N–H and O–H groups in total. The number of nitrogens with one attached hydrogen (secondary N) is 1. The largest absolute Gasteiger partial charge is 0.497 e. The zero-order valence-corrected chi connectivity index (χ0v) is 19.5. The maximum absolute atomic E-state index is 12.7. The smallest absolute Gasteiger partial charge is 0.343 e. The van der Waals surface area contributed by atoms with Crippen molar-refractivity contribution in [2.45, 2.75) is 0 Å². The molecular formula is C27H21ClN2O5. The molecule has 0 heterocycles. The SMILES string of the molecule is COc1ccc(C(=O)Oc2ccc3ccccc3c2/C=N\NC(=O)COc2cccc(Cl)c2)cc1. The number of rotatable bonds is 8. The third-order valence-electron chi connectivity index (χ3n) is 5.01. The Bertz CT molecular complexity index is 1390. The molecule has 0 fully saturated rings. The molecule has 8 heteroatoms. The molecule has 7 nitrogen and oxygen atoms in total. The number of hydrogen-bond donors (Lipinski definition) is 1. The lowest BCUT2D eigenvalue weighted by molar-refractivity contribution is -0.123. The summed E-state index contributed by atoms with van der Waals surface area (Å²) in [6.07, 6.45) is 1.44. The normalized spacial score (nSPS) is 10.8. The molecule has 0 spiro atoms. The Morgan fingerprint density at radius 3 is 2.51 bits per heavy atom. The monoisotopic (exact) mass is 488 g/mol. The molecule has 0 aliphatic rings. The highest BCUT2D eigenvalue weighted by atomic mass is 35.5. The predicted molar refractivity (Wildman–Crippen MR) is 135 cm³/mol. The van der Waals surface area contributed by atoms with Crippen LogP contribution in [0.3, 0.4) is 0 Å². The fraction of sp³-hybridized carbons (Fsp3) is 0.0741. The first-order valence-electron chi connectivity index (χ1n) is 10.6. The number of esters is 1. The van der Waals surface area contributed by atoms with Gasteiger partial charge in [-0.3, -0.25) is 4.79 Å². The molecule has 0 saturated heterocycles. The van der Waals surface area contributed by atoms with Crippen LogP contribution in [0.1, 0.15) is 15.9 Å². The lowest BCUT2D eigenvalue weighted by atomic mass is 10.0. The Hall–Kier alpha value is -4.36. The Morgan fingerprint density at radius 2 is 1.74 bits per heavy atom. The number of fused-ring (bicyclic) bond motifs is 1. The summed E-state index contributed by atoms with van der Waals surface area (Å²) >= 11 is 5.92. The second-order valence-electron chi connectivity index (χ2n) is 7.36. The molecule has 0 bridgehead atoms. The van der Waals surface area contributed by atoms with Gasteiger partial charge in [-0.2, -0.15) is 5.10 Å². The van der Waals surface area contributed by atoms with E-state index < -0.39 is 11.9 Å². The number of hydrogen-bond acceptors (Lipinski definition) is 6. The van der Waals surface area contributed by atoms with E-state index in [2.05, 4.69) is 10.5 Å². The third kappa shape index (κ3) is 6.16. The maximum Gasteiger partial charge on any atom is 0.343 e. The summed E-state index contributed by atoms with van der Waals surface area (Å²) in [6, 6.07) is 24.5. The molecule has 35 heavy (non-hydrogen) atoms. The van der Waals surface area contributed by atoms with Gasteiger partial charge in [-0.05, 0) is 59.3 Å². The number of halogens is 1. The van der Waals surface area contributed by atoms with Crippen molar-refractivity contribution >= 4 is 40.5 Å². The summed E-state index contributed by atoms with van der Waals surface area (Å²) in [5.74, 6) is 0.418. The average molecular weight is 489 g/mol. The second-order valence-corrected chi connectivity index (χ2v) is 7.79. The summed E-state index contributed by atoms with van der Waals surface area (Å²) < 4.78 is 16.2. The van der Waals surface area contributed by atoms with Crippen LogP contribution >= 0.6 is 11.6 Å². The molecular weight excluding hydrogens is 468 g/mol. The van der Waals surface area contributed by atoms with Crippen LogP contribution in [-0.2, 0) is 4.79 Å². The van der Waals surface area contributed by atoms with Gasteiger partial charge in [-0.1, -0.05) is 48.0 Å². The van der Waals surface area contributed by atoms with E-state index in [1.807, 2.05) is 30.3 Å². The first-order valence-corrected chi connectivity index (χ1v) is 11.0. The van der Waals surface area contributed by atoms with Gasteiger partial charge in [0.1, 0.15) is 17.2 Å². The minimum absolute atomic E-state index is 0.244. The van der Waals surface area contributed by atoms with Crippen molar-refractivity contribution in [1.82, 2.24) is 5.43 Å². The molecule has 0 aliphatic heterocycles. The Kier molecular flexibility index (Phi) is 7.60. The van der Waals surface area contributed by atoms with Crippen LogP contribution in [-0.4, -0.2) is 31.8 Å². The Balaban J connectivity index is 1.50. The van der Waals surface area contributed by atoms with Gasteiger partial charge in [0.05, 0.1) is 18.9 Å². The van der Waals surface area contributed by atoms with Gasteiger partial charge in [-0.15, -0.1) is 0 Å². The number of nitrogens with zero attached hydrogens (tertiary/aromatic N) is 1. The van der Waals surface area contributed by atoms with Crippen molar-refractivity contribution in [3.8, 4) is 17.2 Å². The molecule has 0 atom stereocenters. The van der Waals surface area contributed by atoms with Crippen molar-refractivity contribution in [2.24, 2.45) is 5.10 Å². The minimum Gasteiger partial charge on any atom is -0.497 e. The zero-order valence-electron chi connectivity index (χ0n) is 18.7. The van der Waals surface area contributed by atoms with Crippen LogP contribution in [0.4, 0.5) is 0 Å². The van der Waals surface area contributed by atoms with Crippen LogP contribution < -0.4 is 19.6 Å². The molecule has 1 amide bonds. The lowest BCUT2D eigenvalue weighted by Crippen LogP contribution is -2.24. The van der Waals surface area contributed by atoms with Gasteiger partial charge in [-0.25, -0.2) is 10.2 Å². The van der Waals surface area contributed by atoms with Gasteiger partial charge in [0.15, 0.2) is 6.61 Å². The molecule has 4 aromatic rings. The average Bonchev–Trinajstić information content (AvgIpc) is 2.88. The second kappa shape index (κ2) is 11.2. The standard InChI is InChI=1S/C27H21ClN2O5/c1-33-21-12-9-19(10-13-21)27(32)35-25-14-11-18-5-2-3-8-23(18)24(25)16-29-30-26(31)17-34-22-7-4-6-20(28)15-22/h2-16H,17H2,1H3,(H,30,31)/b29-16-. The van der Waals surface area contributed by atoms with E-state index in [9.17, 15) is 9.59 Å².